The molecule has 2 aromatic heterocycles. The Balaban J connectivity index is 0.751. The largest absolute Gasteiger partial charge is 0.385 e. The first-order chi connectivity index (χ1) is 33.0. The van der Waals surface area contributed by atoms with Crippen LogP contribution in [0.3, 0.4) is 0 Å². The number of unbranched alkanes of at least 4 members (excludes halogenated alkanes) is 3. The smallest absolute Gasteiger partial charge is 0.317 e. The van der Waals surface area contributed by atoms with Gasteiger partial charge in [-0.05, 0) is 86.4 Å². The molecule has 0 aliphatic carbocycles. The number of rotatable bonds is 16. The van der Waals surface area contributed by atoms with E-state index < -0.39 is 18.4 Å². The second-order valence-electron chi connectivity index (χ2n) is 18.2. The number of carbonyl (C=O) groups excluding carboxylic acids is 5. The van der Waals surface area contributed by atoms with Crippen LogP contribution in [-0.4, -0.2) is 112 Å². The number of carbonyl (C=O) groups is 5. The highest BCUT2D eigenvalue weighted by atomic mass is 19.3. The highest BCUT2D eigenvalue weighted by Crippen LogP contribution is 2.44. The number of nitrogens with one attached hydrogen (secondary N) is 4. The molecule has 17 nitrogen and oxygen atoms in total. The van der Waals surface area contributed by atoms with Crippen molar-refractivity contribution in [3.8, 4) is 11.1 Å². The quantitative estimate of drug-likeness (QED) is 0.0725. The number of halogens is 2. The Hall–Kier alpha value is -6.63. The van der Waals surface area contributed by atoms with Crippen molar-refractivity contribution >= 4 is 46.9 Å². The highest BCUT2D eigenvalue weighted by Gasteiger charge is 2.43. The van der Waals surface area contributed by atoms with Crippen molar-refractivity contribution in [2.75, 3.05) is 56.7 Å². The molecule has 0 spiro atoms. The molecule has 2 fully saturated rings. The summed E-state index contributed by atoms with van der Waals surface area (Å²) in [7, 11) is 1.62. The molecule has 5 aliphatic heterocycles. The summed E-state index contributed by atoms with van der Waals surface area (Å²) in [6.07, 6.45) is 8.72. The maximum Gasteiger partial charge on any atom is 0.317 e. The van der Waals surface area contributed by atoms with Crippen LogP contribution < -0.4 is 26.2 Å². The van der Waals surface area contributed by atoms with Gasteiger partial charge < -0.3 is 35.8 Å². The number of hydrogen-bond donors (Lipinski definition) is 4. The highest BCUT2D eigenvalue weighted by molar-refractivity contribution is 6.22. The zero-order valence-corrected chi connectivity index (χ0v) is 38.5. The third-order valence-corrected chi connectivity index (χ3v) is 13.8. The minimum absolute atomic E-state index is 0.0690. The molecule has 5 aliphatic rings. The van der Waals surface area contributed by atoms with Crippen LogP contribution in [-0.2, 0) is 40.3 Å². The van der Waals surface area contributed by atoms with Crippen LogP contribution in [0.2, 0.25) is 0 Å². The first-order valence-corrected chi connectivity index (χ1v) is 23.9. The van der Waals surface area contributed by atoms with Gasteiger partial charge in [-0.25, -0.2) is 13.6 Å². The summed E-state index contributed by atoms with van der Waals surface area (Å²) >= 11 is 0. The molecular formula is C49H59F2N11O6. The van der Waals surface area contributed by atoms with Gasteiger partial charge in [0.1, 0.15) is 0 Å². The molecule has 1 atom stereocenters. The first kappa shape index (κ1) is 46.5. The molecule has 0 bridgehead atoms. The lowest BCUT2D eigenvalue weighted by Crippen LogP contribution is -2.48. The molecule has 19 heteroatoms. The van der Waals surface area contributed by atoms with Crippen LogP contribution in [0.5, 0.6) is 0 Å². The third-order valence-electron chi connectivity index (χ3n) is 13.8. The van der Waals surface area contributed by atoms with Crippen molar-refractivity contribution in [2.45, 2.75) is 109 Å². The van der Waals surface area contributed by atoms with Gasteiger partial charge in [-0.3, -0.25) is 33.4 Å². The maximum absolute atomic E-state index is 15.0. The Morgan fingerprint density at radius 1 is 0.941 bits per heavy atom. The topological polar surface area (TPSA) is 188 Å². The summed E-state index contributed by atoms with van der Waals surface area (Å²) in [6, 6.07) is 8.04. The fraction of sp³-hybridized carbons (Fsp3) is 0.490. The van der Waals surface area contributed by atoms with Gasteiger partial charge in [-0.2, -0.15) is 10.2 Å². The van der Waals surface area contributed by atoms with E-state index in [2.05, 4.69) is 42.5 Å². The monoisotopic (exact) mass is 935 g/mol. The lowest BCUT2D eigenvalue weighted by Gasteiger charge is -2.33. The number of benzene rings is 2. The van der Waals surface area contributed by atoms with Crippen LogP contribution in [0.15, 0.2) is 55.0 Å². The molecule has 7 heterocycles. The van der Waals surface area contributed by atoms with Crippen molar-refractivity contribution in [2.24, 2.45) is 0 Å². The van der Waals surface area contributed by atoms with Crippen molar-refractivity contribution in [3.63, 3.8) is 0 Å². The van der Waals surface area contributed by atoms with E-state index in [9.17, 15) is 32.8 Å². The number of aromatic nitrogens is 4. The van der Waals surface area contributed by atoms with E-state index >= 15 is 0 Å². The molecule has 0 radical (unpaired) electrons. The number of anilines is 3. The van der Waals surface area contributed by atoms with Gasteiger partial charge in [-0.1, -0.05) is 19.4 Å². The molecule has 2 saturated heterocycles. The average Bonchev–Trinajstić information content (AvgIpc) is 4.04. The minimum Gasteiger partial charge on any atom is -0.385 e. The number of aryl methyl sites for hydroxylation is 1. The Labute approximate surface area is 393 Å². The molecule has 2 aromatic carbocycles. The van der Waals surface area contributed by atoms with Gasteiger partial charge in [0.25, 0.3) is 18.2 Å². The van der Waals surface area contributed by atoms with E-state index in [-0.39, 0.29) is 41.8 Å². The van der Waals surface area contributed by atoms with E-state index in [0.717, 1.165) is 79.7 Å². The number of alkyl halides is 2. The SMILES string of the molecule is C=C1NC(=O)CCC1N1C(=O)c2ccc(NCCCCCCC(=O)NCCn3cc(-c4cc5c(cc4C(F)F)N(c4nn(C6CCOCC6)c6c4CN(C(=O)NC)CC6)CCC5)cn3)cc2C1=O. The first-order valence-electron chi connectivity index (χ1n) is 23.9. The number of imide groups is 1. The van der Waals surface area contributed by atoms with Crippen LogP contribution in [0, 0.1) is 0 Å². The number of hydrogen-bond acceptors (Lipinski definition) is 10. The molecule has 360 valence electrons. The number of ether oxygens (including phenoxy) is 1. The summed E-state index contributed by atoms with van der Waals surface area (Å²) in [5.74, 6) is -0.301. The normalized spacial score (nSPS) is 18.4. The Morgan fingerprint density at radius 3 is 2.54 bits per heavy atom. The molecule has 68 heavy (non-hydrogen) atoms. The zero-order chi connectivity index (χ0) is 47.5. The molecule has 0 saturated carbocycles. The van der Waals surface area contributed by atoms with Crippen LogP contribution in [0.25, 0.3) is 11.1 Å². The van der Waals surface area contributed by atoms with Gasteiger partial charge >= 0.3 is 6.03 Å². The van der Waals surface area contributed by atoms with E-state index in [1.165, 1.54) is 4.90 Å². The van der Waals surface area contributed by atoms with Crippen molar-refractivity contribution in [3.05, 3.63) is 88.5 Å². The molecule has 4 N–H and O–H groups in total. The van der Waals surface area contributed by atoms with E-state index in [1.54, 1.807) is 53.3 Å². The number of amides is 6. The average molecular weight is 936 g/mol. The van der Waals surface area contributed by atoms with Crippen molar-refractivity contribution < 1.29 is 37.5 Å². The maximum atomic E-state index is 15.0. The van der Waals surface area contributed by atoms with Gasteiger partial charge in [0.15, 0.2) is 5.82 Å². The van der Waals surface area contributed by atoms with Crippen LogP contribution >= 0.6 is 0 Å². The van der Waals surface area contributed by atoms with E-state index in [1.807, 2.05) is 6.07 Å². The van der Waals surface area contributed by atoms with Gasteiger partial charge in [0, 0.05) is 111 Å². The molecule has 1 unspecified atom stereocenters. The summed E-state index contributed by atoms with van der Waals surface area (Å²) in [5, 5.41) is 21.3. The predicted octanol–water partition coefficient (Wildman–Crippen LogP) is 6.38. The van der Waals surface area contributed by atoms with Gasteiger partial charge in [0.2, 0.25) is 11.8 Å². The minimum atomic E-state index is -2.74. The second kappa shape index (κ2) is 20.3. The van der Waals surface area contributed by atoms with Gasteiger partial charge in [0.05, 0.1) is 42.5 Å². The molecule has 9 rings (SSSR count). The number of fused-ring (bicyclic) bond motifs is 3. The Morgan fingerprint density at radius 2 is 1.75 bits per heavy atom. The fourth-order valence-corrected chi connectivity index (χ4v) is 10.2. The summed E-state index contributed by atoms with van der Waals surface area (Å²) in [6.45, 7) is 8.10. The van der Waals surface area contributed by atoms with E-state index in [0.29, 0.717) is 105 Å². The van der Waals surface area contributed by atoms with Crippen molar-refractivity contribution in [1.82, 2.24) is 45.3 Å². The van der Waals surface area contributed by atoms with E-state index in [4.69, 9.17) is 9.84 Å². The zero-order valence-electron chi connectivity index (χ0n) is 38.5. The molecule has 6 amide bonds. The summed E-state index contributed by atoms with van der Waals surface area (Å²) in [5.41, 5.74) is 6.38. The summed E-state index contributed by atoms with van der Waals surface area (Å²) < 4.78 is 39.4. The molecule has 4 aromatic rings. The van der Waals surface area contributed by atoms with Crippen LogP contribution in [0.4, 0.5) is 30.8 Å². The fourth-order valence-electron chi connectivity index (χ4n) is 10.2. The van der Waals surface area contributed by atoms with Crippen molar-refractivity contribution in [1.29, 1.82) is 0 Å². The lowest BCUT2D eigenvalue weighted by molar-refractivity contribution is -0.122. The van der Waals surface area contributed by atoms with Gasteiger partial charge in [-0.15, -0.1) is 0 Å². The molecular weight excluding hydrogens is 877 g/mol. The third kappa shape index (κ3) is 9.57. The Kier molecular flexibility index (Phi) is 13.9. The van der Waals surface area contributed by atoms with Crippen LogP contribution in [0.1, 0.15) is 120 Å². The predicted molar refractivity (Wildman–Crippen MR) is 250 cm³/mol. The summed E-state index contributed by atoms with van der Waals surface area (Å²) in [4.78, 5) is 68.5. The Bertz CT molecular complexity index is 2600. The number of urea groups is 1. The number of piperidine rings is 1. The number of nitrogens with zero attached hydrogens (tertiary/aromatic N) is 7. The standard InChI is InChI=1S/C49H59F2N11O6/c1-30-40(12-13-44(64)56-30)61-47(65)35-11-10-33(25-38(35)48(61)66)53-17-6-4-3-5-9-43(63)54-18-21-59-28-32(27-55-59)36-24-31-8-7-19-60(42(31)26-37(36)45(50)51)46-39-29-58(49(67)52-2)20-14-41(39)62(57-46)34-15-22-68-23-16-34/h10-11,24-28,34,40,45,53H,1,3-9,12-23,29H2,2H3,(H,52,67)(H,54,63)(H,56,64). The lowest BCUT2D eigenvalue weighted by atomic mass is 9.92. The second-order valence-corrected chi connectivity index (χ2v) is 18.2.